The van der Waals surface area contributed by atoms with E-state index >= 15 is 0 Å². The van der Waals surface area contributed by atoms with Gasteiger partial charge in [-0.05, 0) is 60.7 Å². The van der Waals surface area contributed by atoms with E-state index in [-0.39, 0.29) is 5.91 Å². The van der Waals surface area contributed by atoms with Crippen LogP contribution in [0.25, 0.3) is 10.9 Å². The van der Waals surface area contributed by atoms with Crippen LogP contribution in [-0.2, 0) is 0 Å². The summed E-state index contributed by atoms with van der Waals surface area (Å²) in [5.41, 5.74) is 5.52. The van der Waals surface area contributed by atoms with E-state index in [9.17, 15) is 10.1 Å². The van der Waals surface area contributed by atoms with Crippen molar-refractivity contribution in [2.75, 3.05) is 16.0 Å². The molecule has 0 aliphatic rings. The van der Waals surface area contributed by atoms with E-state index in [1.807, 2.05) is 36.4 Å². The Bertz CT molecular complexity index is 1560. The number of amides is 1. The highest BCUT2D eigenvalue weighted by Crippen LogP contribution is 2.27. The summed E-state index contributed by atoms with van der Waals surface area (Å²) in [5.74, 6) is -0.261. The van der Waals surface area contributed by atoms with E-state index in [0.29, 0.717) is 16.8 Å². The van der Waals surface area contributed by atoms with Crippen LogP contribution in [0.4, 0.5) is 28.4 Å². The zero-order valence-corrected chi connectivity index (χ0v) is 18.4. The highest BCUT2D eigenvalue weighted by atomic mass is 16.1. The molecule has 0 saturated carbocycles. The Morgan fingerprint density at radius 3 is 2.49 bits per heavy atom. The number of nitrogens with one attached hydrogen (secondary N) is 3. The van der Waals surface area contributed by atoms with Gasteiger partial charge in [0.1, 0.15) is 0 Å². The molecule has 3 aromatic heterocycles. The SMILES string of the molecule is N#Cc1ccc2nccc(Nc3cccc(C(=O)Nc4cncc(Nc5ccncc5)c4)c3)c2c1. The summed E-state index contributed by atoms with van der Waals surface area (Å²) < 4.78 is 0. The van der Waals surface area contributed by atoms with Gasteiger partial charge in [-0.2, -0.15) is 5.26 Å². The molecule has 35 heavy (non-hydrogen) atoms. The van der Waals surface area contributed by atoms with Crippen molar-refractivity contribution < 1.29 is 4.79 Å². The molecule has 2 aromatic carbocycles. The summed E-state index contributed by atoms with van der Waals surface area (Å²) >= 11 is 0. The van der Waals surface area contributed by atoms with Crippen molar-refractivity contribution >= 4 is 45.2 Å². The quantitative estimate of drug-likeness (QED) is 0.302. The Labute approximate surface area is 201 Å². The average molecular weight is 457 g/mol. The van der Waals surface area contributed by atoms with Crippen molar-refractivity contribution in [2.45, 2.75) is 0 Å². The zero-order chi connectivity index (χ0) is 24.0. The van der Waals surface area contributed by atoms with Crippen LogP contribution in [0.1, 0.15) is 15.9 Å². The van der Waals surface area contributed by atoms with Crippen LogP contribution in [0.15, 0.2) is 97.7 Å². The summed E-state index contributed by atoms with van der Waals surface area (Å²) in [6, 6.07) is 22.0. The summed E-state index contributed by atoms with van der Waals surface area (Å²) in [6.45, 7) is 0. The lowest BCUT2D eigenvalue weighted by atomic mass is 10.1. The number of nitrogens with zero attached hydrogens (tertiary/aromatic N) is 4. The van der Waals surface area contributed by atoms with E-state index in [1.165, 1.54) is 0 Å². The van der Waals surface area contributed by atoms with Crippen LogP contribution in [-0.4, -0.2) is 20.9 Å². The molecule has 168 valence electrons. The lowest BCUT2D eigenvalue weighted by Gasteiger charge is -2.12. The first-order valence-corrected chi connectivity index (χ1v) is 10.8. The van der Waals surface area contributed by atoms with Gasteiger partial charge in [-0.25, -0.2) is 0 Å². The van der Waals surface area contributed by atoms with Crippen molar-refractivity contribution in [3.8, 4) is 6.07 Å². The van der Waals surface area contributed by atoms with Gasteiger partial charge in [0.05, 0.1) is 40.9 Å². The van der Waals surface area contributed by atoms with Crippen molar-refractivity contribution in [2.24, 2.45) is 0 Å². The Balaban J connectivity index is 1.33. The smallest absolute Gasteiger partial charge is 0.255 e. The highest BCUT2D eigenvalue weighted by Gasteiger charge is 2.10. The Hall–Kier alpha value is -5.29. The second-order valence-electron chi connectivity index (χ2n) is 7.69. The van der Waals surface area contributed by atoms with Gasteiger partial charge in [0, 0.05) is 46.6 Å². The van der Waals surface area contributed by atoms with Crippen molar-refractivity contribution in [1.82, 2.24) is 15.0 Å². The summed E-state index contributed by atoms with van der Waals surface area (Å²) in [4.78, 5) is 25.5. The van der Waals surface area contributed by atoms with Crippen LogP contribution in [0.2, 0.25) is 0 Å². The minimum Gasteiger partial charge on any atom is -0.355 e. The molecule has 0 atom stereocenters. The molecule has 5 rings (SSSR count). The van der Waals surface area contributed by atoms with Crippen LogP contribution in [0.3, 0.4) is 0 Å². The van der Waals surface area contributed by atoms with Crippen LogP contribution >= 0.6 is 0 Å². The van der Waals surface area contributed by atoms with Gasteiger partial charge < -0.3 is 16.0 Å². The van der Waals surface area contributed by atoms with Gasteiger partial charge >= 0.3 is 0 Å². The normalized spacial score (nSPS) is 10.4. The van der Waals surface area contributed by atoms with Gasteiger partial charge in [-0.15, -0.1) is 0 Å². The van der Waals surface area contributed by atoms with E-state index in [0.717, 1.165) is 33.7 Å². The molecule has 3 N–H and O–H groups in total. The Morgan fingerprint density at radius 1 is 0.771 bits per heavy atom. The molecule has 8 heteroatoms. The zero-order valence-electron chi connectivity index (χ0n) is 18.4. The lowest BCUT2D eigenvalue weighted by Crippen LogP contribution is -2.12. The van der Waals surface area contributed by atoms with Crippen molar-refractivity contribution in [3.63, 3.8) is 0 Å². The number of pyridine rings is 3. The van der Waals surface area contributed by atoms with Crippen LogP contribution in [0, 0.1) is 11.3 Å². The topological polar surface area (TPSA) is 116 Å². The van der Waals surface area contributed by atoms with E-state index in [1.54, 1.807) is 61.3 Å². The van der Waals surface area contributed by atoms with Crippen molar-refractivity contribution in [1.29, 1.82) is 5.26 Å². The minimum atomic E-state index is -0.261. The maximum absolute atomic E-state index is 12.9. The molecule has 0 unspecified atom stereocenters. The summed E-state index contributed by atoms with van der Waals surface area (Å²) in [6.07, 6.45) is 8.36. The Morgan fingerprint density at radius 2 is 1.63 bits per heavy atom. The molecule has 5 aromatic rings. The fourth-order valence-electron chi connectivity index (χ4n) is 3.60. The maximum Gasteiger partial charge on any atom is 0.255 e. The van der Waals surface area contributed by atoms with Gasteiger partial charge in [-0.3, -0.25) is 19.7 Å². The number of carbonyl (C=O) groups excluding carboxylic acids is 1. The van der Waals surface area contributed by atoms with Gasteiger partial charge in [0.2, 0.25) is 0 Å². The standard InChI is InChI=1S/C27H19N7O/c28-15-18-4-5-25-24(12-18)26(8-11-31-25)33-21-3-1-2-19(13-21)27(35)34-23-14-22(16-30-17-23)32-20-6-9-29-10-7-20/h1-14,16-17H,(H,29,32)(H,31,33)(H,34,35). The molecule has 1 amide bonds. The lowest BCUT2D eigenvalue weighted by molar-refractivity contribution is 0.102. The van der Waals surface area contributed by atoms with Crippen LogP contribution in [0.5, 0.6) is 0 Å². The number of anilines is 5. The third-order valence-electron chi connectivity index (χ3n) is 5.24. The molecule has 0 radical (unpaired) electrons. The monoisotopic (exact) mass is 457 g/mol. The van der Waals surface area contributed by atoms with Crippen LogP contribution < -0.4 is 16.0 Å². The number of nitriles is 1. The first kappa shape index (κ1) is 21.6. The number of carbonyl (C=O) groups is 1. The van der Waals surface area contributed by atoms with Gasteiger partial charge in [0.15, 0.2) is 0 Å². The fraction of sp³-hybridized carbons (Fsp3) is 0. The average Bonchev–Trinajstić information content (AvgIpc) is 2.89. The first-order chi connectivity index (χ1) is 17.2. The van der Waals surface area contributed by atoms with Gasteiger partial charge in [-0.1, -0.05) is 6.07 Å². The maximum atomic E-state index is 12.9. The second-order valence-corrected chi connectivity index (χ2v) is 7.69. The minimum absolute atomic E-state index is 0.261. The van der Waals surface area contributed by atoms with Gasteiger partial charge in [0.25, 0.3) is 5.91 Å². The highest BCUT2D eigenvalue weighted by molar-refractivity contribution is 6.05. The third kappa shape index (κ3) is 5.05. The molecular formula is C27H19N7O. The number of hydrogen-bond donors (Lipinski definition) is 3. The van der Waals surface area contributed by atoms with Crippen molar-refractivity contribution in [3.05, 3.63) is 109 Å². The number of fused-ring (bicyclic) bond motifs is 1. The second kappa shape index (κ2) is 9.68. The Kier molecular flexibility index (Phi) is 5.96. The molecule has 3 heterocycles. The summed E-state index contributed by atoms with van der Waals surface area (Å²) in [7, 11) is 0. The number of rotatable bonds is 6. The predicted molar refractivity (Wildman–Crippen MR) is 136 cm³/mol. The molecule has 8 nitrogen and oxygen atoms in total. The molecule has 0 spiro atoms. The number of benzene rings is 2. The van der Waals surface area contributed by atoms with E-state index in [4.69, 9.17) is 0 Å². The molecule has 0 aliphatic carbocycles. The molecule has 0 fully saturated rings. The third-order valence-corrected chi connectivity index (χ3v) is 5.24. The molecule has 0 aliphatic heterocycles. The molecular weight excluding hydrogens is 438 g/mol. The first-order valence-electron chi connectivity index (χ1n) is 10.8. The largest absolute Gasteiger partial charge is 0.355 e. The number of aromatic nitrogens is 3. The summed E-state index contributed by atoms with van der Waals surface area (Å²) in [5, 5.41) is 19.5. The van der Waals surface area contributed by atoms with E-state index in [2.05, 4.69) is 37.0 Å². The molecule has 0 saturated heterocycles. The van der Waals surface area contributed by atoms with E-state index < -0.39 is 0 Å². The fourth-order valence-corrected chi connectivity index (χ4v) is 3.60. The molecule has 0 bridgehead atoms. The number of hydrogen-bond acceptors (Lipinski definition) is 7. The predicted octanol–water partition coefficient (Wildman–Crippen LogP) is 5.64.